The molecule has 2 aromatic carbocycles. The molecule has 1 unspecified atom stereocenters. The Morgan fingerprint density at radius 1 is 1.12 bits per heavy atom. The zero-order valence-corrected chi connectivity index (χ0v) is 15.3. The van der Waals surface area contributed by atoms with E-state index in [0.717, 1.165) is 31.1 Å². The van der Waals surface area contributed by atoms with E-state index in [-0.39, 0.29) is 11.9 Å². The van der Waals surface area contributed by atoms with Crippen LogP contribution in [-0.2, 0) is 11.2 Å². The van der Waals surface area contributed by atoms with Crippen LogP contribution in [0.2, 0.25) is 0 Å². The maximum Gasteiger partial charge on any atom is 0.227 e. The van der Waals surface area contributed by atoms with Crippen molar-refractivity contribution in [3.63, 3.8) is 0 Å². The molecule has 0 spiro atoms. The molecule has 25 heavy (non-hydrogen) atoms. The van der Waals surface area contributed by atoms with Crippen LogP contribution in [0.5, 0.6) is 0 Å². The number of likely N-dealkylation sites (tertiary alicyclic amines) is 1. The van der Waals surface area contributed by atoms with Gasteiger partial charge in [0.1, 0.15) is 0 Å². The normalized spacial score (nSPS) is 18.9. The number of carbonyl (C=O) groups excluding carboxylic acids is 1. The molecule has 2 aromatic rings. The summed E-state index contributed by atoms with van der Waals surface area (Å²) in [7, 11) is 1.95. The van der Waals surface area contributed by atoms with Gasteiger partial charge < -0.3 is 9.80 Å². The highest BCUT2D eigenvalue weighted by Crippen LogP contribution is 2.25. The lowest BCUT2D eigenvalue weighted by molar-refractivity contribution is -0.131. The third-order valence-corrected chi connectivity index (χ3v) is 5.18. The van der Waals surface area contributed by atoms with Gasteiger partial charge in [0.05, 0.1) is 12.5 Å². The first kappa shape index (κ1) is 17.7. The molecule has 0 saturated carbocycles. The summed E-state index contributed by atoms with van der Waals surface area (Å²) in [6, 6.07) is 20.5. The number of likely N-dealkylation sites (N-methyl/N-ethyl adjacent to an activating group) is 1. The first-order chi connectivity index (χ1) is 12.1. The summed E-state index contributed by atoms with van der Waals surface area (Å²) in [5.41, 5.74) is 2.28. The molecule has 0 radical (unpaired) electrons. The number of carbonyl (C=O) groups is 1. The summed E-state index contributed by atoms with van der Waals surface area (Å²) in [5.74, 6) is 0.925. The second-order valence-electron chi connectivity index (χ2n) is 7.25. The third kappa shape index (κ3) is 4.70. The lowest BCUT2D eigenvalue weighted by Crippen LogP contribution is -2.39. The Morgan fingerprint density at radius 3 is 2.36 bits per heavy atom. The van der Waals surface area contributed by atoms with Gasteiger partial charge in [-0.05, 0) is 30.0 Å². The SMILES string of the molecule is CC1CCN(C[C@@H](c2ccccc2)N(C)C(=O)Cc2ccccc2)C1. The molecule has 1 saturated heterocycles. The zero-order valence-electron chi connectivity index (χ0n) is 15.3. The van der Waals surface area contributed by atoms with Crippen LogP contribution < -0.4 is 0 Å². The van der Waals surface area contributed by atoms with Crippen molar-refractivity contribution >= 4 is 5.91 Å². The van der Waals surface area contributed by atoms with E-state index < -0.39 is 0 Å². The Labute approximate surface area is 151 Å². The second kappa shape index (κ2) is 8.30. The molecule has 0 bridgehead atoms. The van der Waals surface area contributed by atoms with Crippen LogP contribution in [0.4, 0.5) is 0 Å². The second-order valence-corrected chi connectivity index (χ2v) is 7.25. The van der Waals surface area contributed by atoms with Gasteiger partial charge in [0, 0.05) is 20.1 Å². The van der Waals surface area contributed by atoms with Crippen molar-refractivity contribution in [3.8, 4) is 0 Å². The fourth-order valence-electron chi connectivity index (χ4n) is 3.63. The van der Waals surface area contributed by atoms with E-state index in [1.165, 1.54) is 12.0 Å². The van der Waals surface area contributed by atoms with E-state index >= 15 is 0 Å². The summed E-state index contributed by atoms with van der Waals surface area (Å²) >= 11 is 0. The smallest absolute Gasteiger partial charge is 0.227 e. The van der Waals surface area contributed by atoms with Gasteiger partial charge in [0.15, 0.2) is 0 Å². The number of rotatable bonds is 6. The molecule has 1 heterocycles. The largest absolute Gasteiger partial charge is 0.337 e. The molecular weight excluding hydrogens is 308 g/mol. The first-order valence-electron chi connectivity index (χ1n) is 9.20. The van der Waals surface area contributed by atoms with Crippen molar-refractivity contribution in [3.05, 3.63) is 71.8 Å². The maximum absolute atomic E-state index is 12.9. The van der Waals surface area contributed by atoms with E-state index in [1.54, 1.807) is 0 Å². The zero-order chi connectivity index (χ0) is 17.6. The quantitative estimate of drug-likeness (QED) is 0.802. The van der Waals surface area contributed by atoms with Crippen molar-refractivity contribution < 1.29 is 4.79 Å². The van der Waals surface area contributed by atoms with Gasteiger partial charge in [-0.2, -0.15) is 0 Å². The predicted molar refractivity (Wildman–Crippen MR) is 102 cm³/mol. The molecule has 0 aromatic heterocycles. The Balaban J connectivity index is 1.74. The average Bonchev–Trinajstić information content (AvgIpc) is 3.05. The predicted octanol–water partition coefficient (Wildman–Crippen LogP) is 3.77. The lowest BCUT2D eigenvalue weighted by atomic mass is 10.0. The van der Waals surface area contributed by atoms with Crippen LogP contribution in [-0.4, -0.2) is 42.4 Å². The summed E-state index contributed by atoms with van der Waals surface area (Å²) in [4.78, 5) is 17.3. The van der Waals surface area contributed by atoms with Gasteiger partial charge in [0.25, 0.3) is 0 Å². The monoisotopic (exact) mass is 336 g/mol. The minimum Gasteiger partial charge on any atom is -0.337 e. The first-order valence-corrected chi connectivity index (χ1v) is 9.20. The molecular formula is C22H28N2O. The summed E-state index contributed by atoms with van der Waals surface area (Å²) in [6.07, 6.45) is 1.71. The minimum atomic E-state index is 0.0997. The van der Waals surface area contributed by atoms with Crippen LogP contribution in [0.25, 0.3) is 0 Å². The van der Waals surface area contributed by atoms with Gasteiger partial charge >= 0.3 is 0 Å². The van der Waals surface area contributed by atoms with E-state index in [9.17, 15) is 4.79 Å². The molecule has 0 aliphatic carbocycles. The topological polar surface area (TPSA) is 23.6 Å². The summed E-state index contributed by atoms with van der Waals surface area (Å²) in [6.45, 7) is 5.47. The summed E-state index contributed by atoms with van der Waals surface area (Å²) in [5, 5.41) is 0. The van der Waals surface area contributed by atoms with Gasteiger partial charge in [-0.25, -0.2) is 0 Å². The van der Waals surface area contributed by atoms with Crippen molar-refractivity contribution in [1.82, 2.24) is 9.80 Å². The lowest BCUT2D eigenvalue weighted by Gasteiger charge is -2.32. The van der Waals surface area contributed by atoms with Crippen LogP contribution in [0.1, 0.15) is 30.5 Å². The Bertz CT molecular complexity index is 671. The van der Waals surface area contributed by atoms with E-state index in [0.29, 0.717) is 6.42 Å². The van der Waals surface area contributed by atoms with Gasteiger partial charge in [0.2, 0.25) is 5.91 Å². The molecule has 3 rings (SSSR count). The Hall–Kier alpha value is -2.13. The molecule has 132 valence electrons. The van der Waals surface area contributed by atoms with Gasteiger partial charge in [-0.15, -0.1) is 0 Å². The molecule has 3 heteroatoms. The molecule has 0 N–H and O–H groups in total. The van der Waals surface area contributed by atoms with Crippen molar-refractivity contribution in [2.24, 2.45) is 5.92 Å². The number of hydrogen-bond donors (Lipinski definition) is 0. The third-order valence-electron chi connectivity index (χ3n) is 5.18. The van der Waals surface area contributed by atoms with E-state index in [4.69, 9.17) is 0 Å². The highest BCUT2D eigenvalue weighted by atomic mass is 16.2. The highest BCUT2D eigenvalue weighted by Gasteiger charge is 2.27. The van der Waals surface area contributed by atoms with Crippen molar-refractivity contribution in [1.29, 1.82) is 0 Å². The molecule has 2 atom stereocenters. The van der Waals surface area contributed by atoms with Crippen LogP contribution in [0, 0.1) is 5.92 Å². The molecule has 1 fully saturated rings. The number of hydrogen-bond acceptors (Lipinski definition) is 2. The number of benzene rings is 2. The minimum absolute atomic E-state index is 0.0997. The summed E-state index contributed by atoms with van der Waals surface area (Å²) < 4.78 is 0. The molecule has 1 aliphatic heterocycles. The van der Waals surface area contributed by atoms with Crippen molar-refractivity contribution in [2.75, 3.05) is 26.7 Å². The molecule has 1 aliphatic rings. The standard InChI is InChI=1S/C22H28N2O/c1-18-13-14-24(16-18)17-21(20-11-7-4-8-12-20)23(2)22(25)15-19-9-5-3-6-10-19/h3-12,18,21H,13-17H2,1-2H3/t18?,21-/m0/s1. The maximum atomic E-state index is 12.9. The number of nitrogens with zero attached hydrogens (tertiary/aromatic N) is 2. The highest BCUT2D eigenvalue weighted by molar-refractivity contribution is 5.79. The van der Waals surface area contributed by atoms with Gasteiger partial charge in [-0.3, -0.25) is 4.79 Å². The fourth-order valence-corrected chi connectivity index (χ4v) is 3.63. The van der Waals surface area contributed by atoms with Crippen LogP contribution >= 0.6 is 0 Å². The van der Waals surface area contributed by atoms with Crippen LogP contribution in [0.3, 0.4) is 0 Å². The molecule has 1 amide bonds. The average molecular weight is 336 g/mol. The molecule has 3 nitrogen and oxygen atoms in total. The van der Waals surface area contributed by atoms with E-state index in [1.807, 2.05) is 48.3 Å². The Morgan fingerprint density at radius 2 is 1.76 bits per heavy atom. The van der Waals surface area contributed by atoms with Crippen LogP contribution in [0.15, 0.2) is 60.7 Å². The van der Waals surface area contributed by atoms with Gasteiger partial charge in [-0.1, -0.05) is 67.6 Å². The Kier molecular flexibility index (Phi) is 5.87. The number of amides is 1. The fraction of sp³-hybridized carbons (Fsp3) is 0.409. The van der Waals surface area contributed by atoms with E-state index in [2.05, 4.69) is 36.1 Å². The van der Waals surface area contributed by atoms with Crippen molar-refractivity contribution in [2.45, 2.75) is 25.8 Å².